The Kier molecular flexibility index (Phi) is 1.54. The number of para-hydroxylation sites is 1. The van der Waals surface area contributed by atoms with E-state index in [1.807, 2.05) is 0 Å². The van der Waals surface area contributed by atoms with Gasteiger partial charge in [0, 0.05) is 23.5 Å². The highest BCUT2D eigenvalue weighted by Gasteiger charge is 2.19. The van der Waals surface area contributed by atoms with E-state index in [1.165, 1.54) is 23.4 Å². The fraction of sp³-hybridized carbons (Fsp3) is 0.231. The van der Waals surface area contributed by atoms with Crippen LogP contribution in [-0.4, -0.2) is 4.57 Å². The minimum Gasteiger partial charge on any atom is -0.320 e. The molecule has 0 fully saturated rings. The van der Waals surface area contributed by atoms with E-state index in [0.29, 0.717) is 5.92 Å². The predicted octanol–water partition coefficient (Wildman–Crippen LogP) is 3.14. The van der Waals surface area contributed by atoms with Crippen LogP contribution in [0.1, 0.15) is 24.1 Å². The van der Waals surface area contributed by atoms with Crippen molar-refractivity contribution in [2.24, 2.45) is 0 Å². The highest BCUT2D eigenvalue weighted by Crippen LogP contribution is 2.31. The van der Waals surface area contributed by atoms with Crippen molar-refractivity contribution >= 4 is 0 Å². The summed E-state index contributed by atoms with van der Waals surface area (Å²) in [7, 11) is 0. The summed E-state index contributed by atoms with van der Waals surface area (Å²) < 4.78 is 2.31. The zero-order valence-corrected chi connectivity index (χ0v) is 8.27. The van der Waals surface area contributed by atoms with E-state index in [9.17, 15) is 0 Å². The minimum absolute atomic E-state index is 0.639. The monoisotopic (exact) mass is 183 g/mol. The Morgan fingerprint density at radius 3 is 2.93 bits per heavy atom. The van der Waals surface area contributed by atoms with E-state index in [0.717, 1.165) is 0 Å². The topological polar surface area (TPSA) is 4.93 Å². The molecule has 0 N–H and O–H groups in total. The van der Waals surface area contributed by atoms with Crippen molar-refractivity contribution in [1.29, 1.82) is 0 Å². The van der Waals surface area contributed by atoms with Crippen molar-refractivity contribution in [1.82, 2.24) is 4.57 Å². The van der Waals surface area contributed by atoms with Crippen LogP contribution >= 0.6 is 0 Å². The largest absolute Gasteiger partial charge is 0.320 e. The van der Waals surface area contributed by atoms with Crippen LogP contribution in [0.4, 0.5) is 0 Å². The predicted molar refractivity (Wildman–Crippen MR) is 57.9 cm³/mol. The Labute approximate surface area is 84.0 Å². The summed E-state index contributed by atoms with van der Waals surface area (Å²) in [6.45, 7) is 2.29. The average Bonchev–Trinajstić information content (AvgIpc) is 2.67. The van der Waals surface area contributed by atoms with Crippen LogP contribution in [0.5, 0.6) is 0 Å². The lowest BCUT2D eigenvalue weighted by atomic mass is 9.93. The van der Waals surface area contributed by atoms with Crippen molar-refractivity contribution in [3.8, 4) is 5.69 Å². The molecule has 14 heavy (non-hydrogen) atoms. The van der Waals surface area contributed by atoms with Gasteiger partial charge in [-0.25, -0.2) is 0 Å². The van der Waals surface area contributed by atoms with E-state index in [-0.39, 0.29) is 0 Å². The summed E-state index contributed by atoms with van der Waals surface area (Å²) in [5, 5.41) is 0. The maximum absolute atomic E-state index is 2.31. The normalized spacial score (nSPS) is 18.8. The lowest BCUT2D eigenvalue weighted by molar-refractivity contribution is 0.674. The number of aromatic nitrogens is 1. The first-order valence-corrected chi connectivity index (χ1v) is 5.12. The molecule has 0 aliphatic carbocycles. The molecule has 1 heteroatoms. The second kappa shape index (κ2) is 2.74. The third-order valence-corrected chi connectivity index (χ3v) is 3.06. The molecule has 0 saturated heterocycles. The van der Waals surface area contributed by atoms with Gasteiger partial charge in [-0.15, -0.1) is 0 Å². The van der Waals surface area contributed by atoms with Gasteiger partial charge in [-0.05, 0) is 30.2 Å². The molecule has 2 aromatic rings. The zero-order valence-electron chi connectivity index (χ0n) is 8.27. The highest BCUT2D eigenvalue weighted by atomic mass is 15.0. The molecule has 0 amide bonds. The molecular formula is C13H13N. The molecule has 1 aliphatic heterocycles. The van der Waals surface area contributed by atoms with Crippen molar-refractivity contribution in [3.05, 3.63) is 53.9 Å². The molecule has 1 unspecified atom stereocenters. The van der Waals surface area contributed by atoms with E-state index in [2.05, 4.69) is 54.1 Å². The van der Waals surface area contributed by atoms with Crippen LogP contribution in [0.3, 0.4) is 0 Å². The number of rotatable bonds is 0. The molecule has 1 nitrogen and oxygen atoms in total. The summed E-state index contributed by atoms with van der Waals surface area (Å²) in [5.74, 6) is 0.639. The molecule has 2 heterocycles. The Balaban J connectivity index is 2.29. The zero-order chi connectivity index (χ0) is 9.54. The smallest absolute Gasteiger partial charge is 0.0484 e. The van der Waals surface area contributed by atoms with Gasteiger partial charge >= 0.3 is 0 Å². The van der Waals surface area contributed by atoms with Crippen LogP contribution in [-0.2, 0) is 6.42 Å². The molecule has 1 aliphatic rings. The SMILES string of the molecule is CC1Cc2ccccc2-n2cccc21. The van der Waals surface area contributed by atoms with Crippen molar-refractivity contribution in [2.75, 3.05) is 0 Å². The van der Waals surface area contributed by atoms with Gasteiger partial charge in [0.2, 0.25) is 0 Å². The Bertz CT molecular complexity index is 468. The lowest BCUT2D eigenvalue weighted by Crippen LogP contribution is -2.13. The van der Waals surface area contributed by atoms with E-state index in [1.54, 1.807) is 0 Å². The van der Waals surface area contributed by atoms with Gasteiger partial charge in [-0.2, -0.15) is 0 Å². The van der Waals surface area contributed by atoms with Crippen molar-refractivity contribution < 1.29 is 0 Å². The van der Waals surface area contributed by atoms with E-state index in [4.69, 9.17) is 0 Å². The van der Waals surface area contributed by atoms with Gasteiger partial charge in [-0.1, -0.05) is 25.1 Å². The Hall–Kier alpha value is -1.50. The summed E-state index contributed by atoms with van der Waals surface area (Å²) >= 11 is 0. The lowest BCUT2D eigenvalue weighted by Gasteiger charge is -2.24. The number of hydrogen-bond donors (Lipinski definition) is 0. The standard InChI is InChI=1S/C13H13N/c1-10-9-11-5-2-3-6-13(11)14-8-4-7-12(10)14/h2-8,10H,9H2,1H3. The number of fused-ring (bicyclic) bond motifs is 3. The summed E-state index contributed by atoms with van der Waals surface area (Å²) in [6.07, 6.45) is 3.32. The first-order valence-electron chi connectivity index (χ1n) is 5.12. The van der Waals surface area contributed by atoms with Gasteiger partial charge in [-0.3, -0.25) is 0 Å². The molecule has 3 rings (SSSR count). The van der Waals surface area contributed by atoms with E-state index >= 15 is 0 Å². The van der Waals surface area contributed by atoms with Gasteiger partial charge in [0.15, 0.2) is 0 Å². The second-order valence-corrected chi connectivity index (χ2v) is 4.04. The maximum atomic E-state index is 2.31. The summed E-state index contributed by atoms with van der Waals surface area (Å²) in [5.41, 5.74) is 4.25. The molecule has 1 aromatic heterocycles. The van der Waals surface area contributed by atoms with Gasteiger partial charge in [0.05, 0.1) is 0 Å². The molecular weight excluding hydrogens is 170 g/mol. The summed E-state index contributed by atoms with van der Waals surface area (Å²) in [4.78, 5) is 0. The first-order chi connectivity index (χ1) is 6.86. The van der Waals surface area contributed by atoms with Crippen molar-refractivity contribution in [2.45, 2.75) is 19.3 Å². The molecule has 1 aromatic carbocycles. The first kappa shape index (κ1) is 7.86. The summed E-state index contributed by atoms with van der Waals surface area (Å²) in [6, 6.07) is 13.0. The molecule has 70 valence electrons. The molecule has 0 spiro atoms. The van der Waals surface area contributed by atoms with Gasteiger partial charge in [0.25, 0.3) is 0 Å². The fourth-order valence-electron chi connectivity index (χ4n) is 2.37. The average molecular weight is 183 g/mol. The Morgan fingerprint density at radius 1 is 1.14 bits per heavy atom. The van der Waals surface area contributed by atoms with Crippen LogP contribution < -0.4 is 0 Å². The van der Waals surface area contributed by atoms with Crippen LogP contribution in [0.2, 0.25) is 0 Å². The van der Waals surface area contributed by atoms with E-state index < -0.39 is 0 Å². The van der Waals surface area contributed by atoms with Gasteiger partial charge in [0.1, 0.15) is 0 Å². The number of nitrogens with zero attached hydrogens (tertiary/aromatic N) is 1. The van der Waals surface area contributed by atoms with Crippen molar-refractivity contribution in [3.63, 3.8) is 0 Å². The fourth-order valence-corrected chi connectivity index (χ4v) is 2.37. The molecule has 1 atom stereocenters. The number of hydrogen-bond acceptors (Lipinski definition) is 0. The maximum Gasteiger partial charge on any atom is 0.0484 e. The Morgan fingerprint density at radius 2 is 2.00 bits per heavy atom. The molecule has 0 saturated carbocycles. The third kappa shape index (κ3) is 0.955. The number of benzene rings is 1. The minimum atomic E-state index is 0.639. The van der Waals surface area contributed by atoms with Crippen LogP contribution in [0, 0.1) is 0 Å². The quantitative estimate of drug-likeness (QED) is 0.591. The molecule has 0 bridgehead atoms. The second-order valence-electron chi connectivity index (χ2n) is 4.04. The van der Waals surface area contributed by atoms with Crippen LogP contribution in [0.15, 0.2) is 42.6 Å². The van der Waals surface area contributed by atoms with Gasteiger partial charge < -0.3 is 4.57 Å². The third-order valence-electron chi connectivity index (χ3n) is 3.06. The molecule has 0 radical (unpaired) electrons. The van der Waals surface area contributed by atoms with Crippen LogP contribution in [0.25, 0.3) is 5.69 Å². The highest BCUT2D eigenvalue weighted by molar-refractivity contribution is 5.47.